The van der Waals surface area contributed by atoms with E-state index in [2.05, 4.69) is 0 Å². The highest BCUT2D eigenvalue weighted by molar-refractivity contribution is 6.38. The fourth-order valence-electron chi connectivity index (χ4n) is 5.09. The fraction of sp³-hybridized carbons (Fsp3) is 0. The summed E-state index contributed by atoms with van der Waals surface area (Å²) in [5.41, 5.74) is -3.00. The van der Waals surface area contributed by atoms with Crippen LogP contribution in [0.4, 0.5) is 0 Å². The van der Waals surface area contributed by atoms with E-state index in [1.807, 2.05) is 42.5 Å². The van der Waals surface area contributed by atoms with Crippen LogP contribution in [0.2, 0.25) is 0 Å². The van der Waals surface area contributed by atoms with Gasteiger partial charge in [0.2, 0.25) is 0 Å². The van der Waals surface area contributed by atoms with Crippen LogP contribution in [0.1, 0.15) is 0 Å². The largest absolute Gasteiger partial charge is 0.386 e. The van der Waals surface area contributed by atoms with Gasteiger partial charge in [0.1, 0.15) is 0 Å². The normalized spacial score (nSPS) is 12.2. The average molecular weight is 418 g/mol. The summed E-state index contributed by atoms with van der Waals surface area (Å²) in [4.78, 5) is 50.4. The van der Waals surface area contributed by atoms with Crippen molar-refractivity contribution in [3.8, 4) is 0 Å². The second kappa shape index (κ2) is 5.56. The molecule has 32 heavy (non-hydrogen) atoms. The van der Waals surface area contributed by atoms with Crippen molar-refractivity contribution in [1.82, 2.24) is 0 Å². The van der Waals surface area contributed by atoms with Gasteiger partial charge in [-0.05, 0) is 43.8 Å². The molecule has 0 radical (unpaired) electrons. The molecule has 0 amide bonds. The lowest BCUT2D eigenvalue weighted by Gasteiger charge is -2.12. The van der Waals surface area contributed by atoms with Gasteiger partial charge >= 0.3 is 22.5 Å². The summed E-state index contributed by atoms with van der Waals surface area (Å²) in [5.74, 6) is 0. The van der Waals surface area contributed by atoms with Crippen LogP contribution in [-0.4, -0.2) is 0 Å². The second-order valence-corrected chi connectivity index (χ2v) is 7.89. The first kappa shape index (κ1) is 17.1. The first-order valence-electron chi connectivity index (χ1n) is 9.94. The van der Waals surface area contributed by atoms with Gasteiger partial charge < -0.3 is 8.83 Å². The first-order valence-corrected chi connectivity index (χ1v) is 9.94. The van der Waals surface area contributed by atoms with E-state index in [0.717, 1.165) is 21.5 Å². The average Bonchev–Trinajstić information content (AvgIpc) is 3.27. The quantitative estimate of drug-likeness (QED) is 0.344. The van der Waals surface area contributed by atoms with Crippen LogP contribution >= 0.6 is 0 Å². The van der Waals surface area contributed by atoms with Crippen molar-refractivity contribution >= 4 is 64.6 Å². The molecular formula is C26H10O6. The van der Waals surface area contributed by atoms with E-state index in [4.69, 9.17) is 8.83 Å². The molecule has 150 valence electrons. The molecule has 6 nitrogen and oxygen atoms in total. The van der Waals surface area contributed by atoms with Gasteiger partial charge in [0.25, 0.3) is 0 Å². The lowest BCUT2D eigenvalue weighted by molar-refractivity contribution is 0.500. The van der Waals surface area contributed by atoms with E-state index in [9.17, 15) is 19.2 Å². The maximum Gasteiger partial charge on any atom is 0.347 e. The zero-order valence-electron chi connectivity index (χ0n) is 16.2. The summed E-state index contributed by atoms with van der Waals surface area (Å²) in [6.45, 7) is 0. The van der Waals surface area contributed by atoms with Crippen LogP contribution in [0.5, 0.6) is 0 Å². The van der Waals surface area contributed by atoms with Crippen molar-refractivity contribution < 1.29 is 8.83 Å². The molecule has 6 heteroatoms. The van der Waals surface area contributed by atoms with Gasteiger partial charge in [0, 0.05) is 5.39 Å². The van der Waals surface area contributed by atoms with Gasteiger partial charge in [-0.25, -0.2) is 19.2 Å². The number of fused-ring (bicyclic) bond motifs is 12. The Morgan fingerprint density at radius 2 is 0.875 bits per heavy atom. The Labute approximate surface area is 176 Å². The molecule has 2 heterocycles. The minimum atomic E-state index is -0.771. The number of hydrogen-bond donors (Lipinski definition) is 0. The smallest absolute Gasteiger partial charge is 0.347 e. The topological polar surface area (TPSA) is 94.6 Å². The van der Waals surface area contributed by atoms with Crippen molar-refractivity contribution in [2.24, 2.45) is 0 Å². The van der Waals surface area contributed by atoms with E-state index < -0.39 is 22.5 Å². The minimum absolute atomic E-state index is 0.104. The lowest BCUT2D eigenvalue weighted by atomic mass is 9.89. The Balaban J connectivity index is 2.03. The van der Waals surface area contributed by atoms with Crippen LogP contribution in [0.3, 0.4) is 0 Å². The molecule has 0 unspecified atom stereocenters. The van der Waals surface area contributed by atoms with Gasteiger partial charge in [-0.15, -0.1) is 0 Å². The molecule has 7 aromatic rings. The molecule has 5 aromatic carbocycles. The zero-order chi connectivity index (χ0) is 21.7. The molecule has 0 aliphatic rings. The summed E-state index contributed by atoms with van der Waals surface area (Å²) in [6, 6.07) is 18.4. The van der Waals surface area contributed by atoms with Crippen LogP contribution in [0, 0.1) is 0 Å². The van der Waals surface area contributed by atoms with Crippen LogP contribution in [-0.2, 0) is 0 Å². The maximum absolute atomic E-state index is 12.8. The highest BCUT2D eigenvalue weighted by Gasteiger charge is 2.23. The highest BCUT2D eigenvalue weighted by Crippen LogP contribution is 2.41. The van der Waals surface area contributed by atoms with E-state index in [1.165, 1.54) is 6.07 Å². The van der Waals surface area contributed by atoms with E-state index in [0.29, 0.717) is 21.5 Å². The van der Waals surface area contributed by atoms with Crippen LogP contribution < -0.4 is 22.5 Å². The summed E-state index contributed by atoms with van der Waals surface area (Å²) < 4.78 is 9.85. The first-order chi connectivity index (χ1) is 15.5. The summed E-state index contributed by atoms with van der Waals surface area (Å²) in [6.07, 6.45) is 0. The van der Waals surface area contributed by atoms with Gasteiger partial charge in [0.15, 0.2) is 0 Å². The molecule has 0 saturated heterocycles. The maximum atomic E-state index is 12.8. The molecule has 0 bridgehead atoms. The lowest BCUT2D eigenvalue weighted by Crippen LogP contribution is -1.97. The Kier molecular flexibility index (Phi) is 2.98. The number of rotatable bonds is 0. The molecule has 0 fully saturated rings. The Morgan fingerprint density at radius 1 is 0.375 bits per heavy atom. The zero-order valence-corrected chi connectivity index (χ0v) is 16.2. The molecule has 0 saturated carbocycles. The van der Waals surface area contributed by atoms with E-state index in [-0.39, 0.29) is 21.5 Å². The standard InChI is InChI=1S/C26H10O6/c27-23-16-10-9-15-19(22(16)26(30)31-23)18-14(20-21(15)25(29)32-24(20)28)8-7-12-6-5-11-3-1-2-4-13(11)17(12)18/h1-10H. The van der Waals surface area contributed by atoms with E-state index >= 15 is 0 Å². The summed E-state index contributed by atoms with van der Waals surface area (Å²) in [5, 5.41) is 6.04. The summed E-state index contributed by atoms with van der Waals surface area (Å²) in [7, 11) is 0. The summed E-state index contributed by atoms with van der Waals surface area (Å²) >= 11 is 0. The minimum Gasteiger partial charge on any atom is -0.386 e. The van der Waals surface area contributed by atoms with Crippen molar-refractivity contribution in [2.75, 3.05) is 0 Å². The van der Waals surface area contributed by atoms with Crippen molar-refractivity contribution in [3.05, 3.63) is 102 Å². The SMILES string of the molecule is O=c1oc(=O)c2c1ccc1c3c(=O)oc(=O)c3c3ccc4ccc5ccccc5c4c3c12. The van der Waals surface area contributed by atoms with Gasteiger partial charge in [-0.1, -0.05) is 54.6 Å². The van der Waals surface area contributed by atoms with Crippen LogP contribution in [0.25, 0.3) is 64.6 Å². The van der Waals surface area contributed by atoms with Gasteiger partial charge in [0.05, 0.1) is 21.5 Å². The molecule has 0 spiro atoms. The third-order valence-corrected chi connectivity index (χ3v) is 6.36. The third kappa shape index (κ3) is 1.90. The second-order valence-electron chi connectivity index (χ2n) is 7.89. The van der Waals surface area contributed by atoms with Gasteiger partial charge in [-0.2, -0.15) is 0 Å². The predicted octanol–water partition coefficient (Wildman–Crippen LogP) is 4.11. The molecule has 0 N–H and O–H groups in total. The molecular weight excluding hydrogens is 408 g/mol. The monoisotopic (exact) mass is 418 g/mol. The van der Waals surface area contributed by atoms with Gasteiger partial charge in [-0.3, -0.25) is 0 Å². The molecule has 2 aromatic heterocycles. The molecule has 7 rings (SSSR count). The predicted molar refractivity (Wildman–Crippen MR) is 123 cm³/mol. The van der Waals surface area contributed by atoms with Crippen LogP contribution in [0.15, 0.2) is 88.7 Å². The third-order valence-electron chi connectivity index (χ3n) is 6.36. The van der Waals surface area contributed by atoms with Crippen molar-refractivity contribution in [1.29, 1.82) is 0 Å². The number of furan rings is 2. The van der Waals surface area contributed by atoms with E-state index in [1.54, 1.807) is 12.1 Å². The molecule has 0 aliphatic heterocycles. The fourth-order valence-corrected chi connectivity index (χ4v) is 5.09. The van der Waals surface area contributed by atoms with Crippen molar-refractivity contribution in [2.45, 2.75) is 0 Å². The molecule has 0 aliphatic carbocycles. The Hall–Kier alpha value is -4.58. The number of benzene rings is 5. The Bertz CT molecular complexity index is 2170. The highest BCUT2D eigenvalue weighted by atomic mass is 16.4. The Morgan fingerprint density at radius 3 is 1.62 bits per heavy atom. The van der Waals surface area contributed by atoms with Crippen molar-refractivity contribution in [3.63, 3.8) is 0 Å². The number of hydrogen-bond acceptors (Lipinski definition) is 6. The molecule has 0 atom stereocenters.